The lowest BCUT2D eigenvalue weighted by Crippen LogP contribution is -2.56. The third kappa shape index (κ3) is 0.794. The zero-order valence-corrected chi connectivity index (χ0v) is 8.50. The van der Waals surface area contributed by atoms with E-state index in [1.165, 1.54) is 5.06 Å². The SMILES string of the molecule is CC1(C)NC(=O)N2OC[C@@H](C#N)[C@]21C. The van der Waals surface area contributed by atoms with Crippen LogP contribution in [0.2, 0.25) is 0 Å². The molecule has 2 rings (SSSR count). The first-order valence-electron chi connectivity index (χ1n) is 4.58. The van der Waals surface area contributed by atoms with Crippen molar-refractivity contribution in [2.24, 2.45) is 5.92 Å². The van der Waals surface area contributed by atoms with Crippen molar-refractivity contribution in [3.63, 3.8) is 0 Å². The van der Waals surface area contributed by atoms with E-state index in [0.717, 1.165) is 0 Å². The molecule has 0 spiro atoms. The van der Waals surface area contributed by atoms with Crippen molar-refractivity contribution in [2.75, 3.05) is 6.61 Å². The average molecular weight is 195 g/mol. The molecule has 0 unspecified atom stereocenters. The topological polar surface area (TPSA) is 65.4 Å². The Morgan fingerprint density at radius 1 is 1.64 bits per heavy atom. The quantitative estimate of drug-likeness (QED) is 0.616. The van der Waals surface area contributed by atoms with Crippen LogP contribution >= 0.6 is 0 Å². The summed E-state index contributed by atoms with van der Waals surface area (Å²) in [5, 5.41) is 13.1. The van der Waals surface area contributed by atoms with Gasteiger partial charge in [-0.05, 0) is 20.8 Å². The number of rotatable bonds is 0. The summed E-state index contributed by atoms with van der Waals surface area (Å²) in [7, 11) is 0. The number of carbonyl (C=O) groups excluding carboxylic acids is 1. The minimum absolute atomic E-state index is 0.254. The van der Waals surface area contributed by atoms with Gasteiger partial charge in [-0.2, -0.15) is 10.3 Å². The summed E-state index contributed by atoms with van der Waals surface area (Å²) in [6.07, 6.45) is 0. The van der Waals surface area contributed by atoms with Gasteiger partial charge in [0.1, 0.15) is 11.5 Å². The highest BCUT2D eigenvalue weighted by atomic mass is 16.7. The largest absolute Gasteiger partial charge is 0.342 e. The lowest BCUT2D eigenvalue weighted by Gasteiger charge is -2.37. The molecule has 76 valence electrons. The number of fused-ring (bicyclic) bond motifs is 1. The predicted molar refractivity (Wildman–Crippen MR) is 47.9 cm³/mol. The van der Waals surface area contributed by atoms with Crippen LogP contribution in [0.5, 0.6) is 0 Å². The standard InChI is InChI=1S/C9H13N3O2/c1-8(2)9(3)6(4-10)5-14-12(9)7(13)11-8/h6H,5H2,1-3H3,(H,11,13)/t6-,9+/m1/s1. The van der Waals surface area contributed by atoms with Gasteiger partial charge in [0, 0.05) is 0 Å². The molecule has 0 aliphatic carbocycles. The van der Waals surface area contributed by atoms with E-state index in [1.54, 1.807) is 0 Å². The van der Waals surface area contributed by atoms with Gasteiger partial charge in [0.2, 0.25) is 0 Å². The van der Waals surface area contributed by atoms with Crippen LogP contribution in [0.15, 0.2) is 0 Å². The van der Waals surface area contributed by atoms with Crippen molar-refractivity contribution in [1.82, 2.24) is 10.4 Å². The zero-order chi connectivity index (χ0) is 10.6. The maximum atomic E-state index is 11.5. The molecule has 0 aromatic rings. The molecule has 2 atom stereocenters. The third-order valence-electron chi connectivity index (χ3n) is 3.50. The Morgan fingerprint density at radius 2 is 2.29 bits per heavy atom. The van der Waals surface area contributed by atoms with Crippen molar-refractivity contribution < 1.29 is 9.63 Å². The number of hydroxylamine groups is 2. The number of hydrogen-bond acceptors (Lipinski definition) is 3. The smallest absolute Gasteiger partial charge is 0.329 e. The van der Waals surface area contributed by atoms with E-state index in [2.05, 4.69) is 11.4 Å². The molecule has 0 aromatic heterocycles. The molecule has 0 bridgehead atoms. The first-order valence-corrected chi connectivity index (χ1v) is 4.58. The second-order valence-electron chi connectivity index (χ2n) is 4.47. The molecule has 2 aliphatic rings. The van der Waals surface area contributed by atoms with Gasteiger partial charge >= 0.3 is 6.03 Å². The van der Waals surface area contributed by atoms with E-state index in [1.807, 2.05) is 20.8 Å². The zero-order valence-electron chi connectivity index (χ0n) is 8.50. The Bertz CT molecular complexity index is 333. The fourth-order valence-electron chi connectivity index (χ4n) is 2.15. The maximum Gasteiger partial charge on any atom is 0.342 e. The Balaban J connectivity index is 2.48. The van der Waals surface area contributed by atoms with Crippen molar-refractivity contribution in [3.8, 4) is 6.07 Å². The molecule has 2 saturated heterocycles. The fourth-order valence-corrected chi connectivity index (χ4v) is 2.15. The van der Waals surface area contributed by atoms with Crippen LogP contribution in [0.4, 0.5) is 4.79 Å². The van der Waals surface area contributed by atoms with Crippen LogP contribution in [-0.2, 0) is 4.84 Å². The van der Waals surface area contributed by atoms with Crippen LogP contribution in [0.25, 0.3) is 0 Å². The van der Waals surface area contributed by atoms with Crippen LogP contribution in [-0.4, -0.2) is 28.8 Å². The third-order valence-corrected chi connectivity index (χ3v) is 3.50. The maximum absolute atomic E-state index is 11.5. The minimum atomic E-state index is -0.571. The molecular weight excluding hydrogens is 182 g/mol. The number of hydrogen-bond donors (Lipinski definition) is 1. The minimum Gasteiger partial charge on any atom is -0.329 e. The highest BCUT2D eigenvalue weighted by molar-refractivity contribution is 5.79. The van der Waals surface area contributed by atoms with Gasteiger partial charge in [-0.1, -0.05) is 0 Å². The molecule has 2 heterocycles. The van der Waals surface area contributed by atoms with Gasteiger partial charge in [-0.25, -0.2) is 4.79 Å². The van der Waals surface area contributed by atoms with E-state index in [9.17, 15) is 4.79 Å². The Hall–Kier alpha value is -1.28. The first-order chi connectivity index (χ1) is 6.43. The molecule has 2 aliphatic heterocycles. The summed E-state index contributed by atoms with van der Waals surface area (Å²) in [4.78, 5) is 16.7. The van der Waals surface area contributed by atoms with E-state index in [4.69, 9.17) is 10.1 Å². The van der Waals surface area contributed by atoms with Crippen molar-refractivity contribution in [3.05, 3.63) is 0 Å². The number of urea groups is 1. The van der Waals surface area contributed by atoms with Gasteiger partial charge in [0.15, 0.2) is 0 Å². The molecule has 2 fully saturated rings. The van der Waals surface area contributed by atoms with Crippen molar-refractivity contribution in [1.29, 1.82) is 5.26 Å². The van der Waals surface area contributed by atoms with Crippen LogP contribution < -0.4 is 5.32 Å². The molecule has 5 heteroatoms. The molecule has 0 radical (unpaired) electrons. The lowest BCUT2D eigenvalue weighted by molar-refractivity contribution is -0.106. The number of carbonyl (C=O) groups is 1. The second-order valence-corrected chi connectivity index (χ2v) is 4.47. The average Bonchev–Trinajstić information content (AvgIpc) is 2.49. The number of nitriles is 1. The predicted octanol–water partition coefficient (Wildman–Crippen LogP) is 0.634. The van der Waals surface area contributed by atoms with Gasteiger partial charge in [-0.3, -0.25) is 4.84 Å². The molecule has 0 saturated carbocycles. The summed E-state index contributed by atoms with van der Waals surface area (Å²) in [5.41, 5.74) is -1.01. The van der Waals surface area contributed by atoms with Gasteiger partial charge in [-0.15, -0.1) is 0 Å². The normalized spacial score (nSPS) is 39.1. The lowest BCUT2D eigenvalue weighted by atomic mass is 9.74. The van der Waals surface area contributed by atoms with E-state index >= 15 is 0 Å². The molecule has 0 aromatic carbocycles. The Labute approximate surface area is 82.6 Å². The monoisotopic (exact) mass is 195 g/mol. The van der Waals surface area contributed by atoms with E-state index in [-0.39, 0.29) is 11.9 Å². The van der Waals surface area contributed by atoms with Crippen molar-refractivity contribution in [2.45, 2.75) is 31.8 Å². The van der Waals surface area contributed by atoms with Gasteiger partial charge in [0.25, 0.3) is 0 Å². The van der Waals surface area contributed by atoms with Gasteiger partial charge in [0.05, 0.1) is 18.2 Å². The first kappa shape index (κ1) is 9.28. The fraction of sp³-hybridized carbons (Fsp3) is 0.778. The van der Waals surface area contributed by atoms with Gasteiger partial charge < -0.3 is 5.32 Å². The summed E-state index contributed by atoms with van der Waals surface area (Å²) in [6.45, 7) is 5.99. The summed E-state index contributed by atoms with van der Waals surface area (Å²) >= 11 is 0. The molecule has 2 amide bonds. The molecule has 1 N–H and O–H groups in total. The highest BCUT2D eigenvalue weighted by Crippen LogP contribution is 2.44. The molecular formula is C9H13N3O2. The summed E-state index contributed by atoms with van der Waals surface area (Å²) < 4.78 is 0. The number of amides is 2. The van der Waals surface area contributed by atoms with E-state index < -0.39 is 11.1 Å². The summed E-state index contributed by atoms with van der Waals surface area (Å²) in [5.74, 6) is -0.281. The van der Waals surface area contributed by atoms with Crippen molar-refractivity contribution >= 4 is 6.03 Å². The number of nitrogens with one attached hydrogen (secondary N) is 1. The van der Waals surface area contributed by atoms with E-state index in [0.29, 0.717) is 6.61 Å². The Morgan fingerprint density at radius 3 is 2.86 bits per heavy atom. The summed E-state index contributed by atoms with van der Waals surface area (Å²) in [6, 6.07) is 1.94. The highest BCUT2D eigenvalue weighted by Gasteiger charge is 2.64. The molecule has 14 heavy (non-hydrogen) atoms. The van der Waals surface area contributed by atoms with Crippen LogP contribution in [0.1, 0.15) is 20.8 Å². The number of nitrogens with zero attached hydrogens (tertiary/aromatic N) is 2. The Kier molecular flexibility index (Phi) is 1.59. The second kappa shape index (κ2) is 2.39. The van der Waals surface area contributed by atoms with Crippen LogP contribution in [0, 0.1) is 17.2 Å². The van der Waals surface area contributed by atoms with Crippen LogP contribution in [0.3, 0.4) is 0 Å². The molecule has 5 nitrogen and oxygen atoms in total.